The van der Waals surface area contributed by atoms with E-state index >= 15 is 0 Å². The van der Waals surface area contributed by atoms with Crippen molar-refractivity contribution in [2.75, 3.05) is 33.2 Å². The van der Waals surface area contributed by atoms with E-state index in [1.807, 2.05) is 0 Å². The van der Waals surface area contributed by atoms with Crippen LogP contribution in [0.4, 0.5) is 0 Å². The summed E-state index contributed by atoms with van der Waals surface area (Å²) in [4.78, 5) is 5.06. The van der Waals surface area contributed by atoms with Crippen LogP contribution in [0.25, 0.3) is 0 Å². The van der Waals surface area contributed by atoms with Crippen LogP contribution in [-0.4, -0.2) is 60.6 Å². The van der Waals surface area contributed by atoms with Gasteiger partial charge in [-0.3, -0.25) is 10.2 Å². The fourth-order valence-corrected chi connectivity index (χ4v) is 3.65. The number of nitrogens with zero attached hydrogens (tertiary/aromatic N) is 3. The Hall–Kier alpha value is -0.630. The van der Waals surface area contributed by atoms with Crippen LogP contribution in [0.15, 0.2) is 0 Å². The smallest absolute Gasteiger partial charge is 0.108 e. The molecule has 1 aliphatic heterocycles. The molecule has 2 unspecified atom stereocenters. The number of hydrogen-bond donors (Lipinski definition) is 1. The van der Waals surface area contributed by atoms with E-state index in [0.29, 0.717) is 12.1 Å². The van der Waals surface area contributed by atoms with Gasteiger partial charge in [0.2, 0.25) is 0 Å². The molecular weight excluding hydrogens is 236 g/mol. The number of nitrogens with one attached hydrogen (secondary N) is 1. The summed E-state index contributed by atoms with van der Waals surface area (Å²) in [5, 5.41) is 13.2. The third kappa shape index (κ3) is 3.10. The summed E-state index contributed by atoms with van der Waals surface area (Å²) >= 11 is 0. The SMILES string of the molecule is CN1CCCN(C2CCC(C#N)(NC3CC3)C2)CC1. The van der Waals surface area contributed by atoms with Gasteiger partial charge in [0.1, 0.15) is 5.54 Å². The Bertz CT molecular complexity index is 360. The lowest BCUT2D eigenvalue weighted by Crippen LogP contribution is -2.45. The van der Waals surface area contributed by atoms with Gasteiger partial charge in [0.25, 0.3) is 0 Å². The quantitative estimate of drug-likeness (QED) is 0.829. The summed E-state index contributed by atoms with van der Waals surface area (Å²) in [6, 6.07) is 3.85. The number of rotatable bonds is 3. The molecule has 3 aliphatic rings. The monoisotopic (exact) mass is 262 g/mol. The van der Waals surface area contributed by atoms with Gasteiger partial charge in [-0.2, -0.15) is 5.26 Å². The van der Waals surface area contributed by atoms with Crippen molar-refractivity contribution in [1.82, 2.24) is 15.1 Å². The maximum Gasteiger partial charge on any atom is 0.108 e. The van der Waals surface area contributed by atoms with Gasteiger partial charge in [0, 0.05) is 25.2 Å². The molecule has 4 nitrogen and oxygen atoms in total. The zero-order chi connectivity index (χ0) is 13.3. The number of likely N-dealkylation sites (N-methyl/N-ethyl adjacent to an activating group) is 1. The summed E-state index contributed by atoms with van der Waals surface area (Å²) in [6.45, 7) is 4.77. The lowest BCUT2D eigenvalue weighted by Gasteiger charge is -2.29. The molecule has 1 heterocycles. The Labute approximate surface area is 116 Å². The first kappa shape index (κ1) is 13.4. The van der Waals surface area contributed by atoms with Crippen LogP contribution < -0.4 is 5.32 Å². The zero-order valence-corrected chi connectivity index (χ0v) is 12.1. The summed E-state index contributed by atoms with van der Waals surface area (Å²) in [5.74, 6) is 0. The van der Waals surface area contributed by atoms with Crippen LogP contribution in [0.3, 0.4) is 0 Å². The van der Waals surface area contributed by atoms with E-state index in [-0.39, 0.29) is 5.54 Å². The van der Waals surface area contributed by atoms with Crippen molar-refractivity contribution < 1.29 is 0 Å². The molecule has 1 N–H and O–H groups in total. The van der Waals surface area contributed by atoms with Crippen molar-refractivity contribution in [2.24, 2.45) is 0 Å². The molecule has 0 aromatic rings. The fourth-order valence-electron chi connectivity index (χ4n) is 3.65. The third-order valence-electron chi connectivity index (χ3n) is 5.03. The second-order valence-electron chi connectivity index (χ2n) is 6.70. The van der Waals surface area contributed by atoms with E-state index in [1.165, 1.54) is 51.9 Å². The zero-order valence-electron chi connectivity index (χ0n) is 12.1. The molecule has 0 amide bonds. The van der Waals surface area contributed by atoms with E-state index in [9.17, 15) is 5.26 Å². The largest absolute Gasteiger partial charge is 0.305 e. The number of nitriles is 1. The summed E-state index contributed by atoms with van der Waals surface area (Å²) < 4.78 is 0. The molecule has 3 rings (SSSR count). The molecule has 19 heavy (non-hydrogen) atoms. The van der Waals surface area contributed by atoms with Crippen LogP contribution in [0.1, 0.15) is 38.5 Å². The van der Waals surface area contributed by atoms with Crippen molar-refractivity contribution in [3.8, 4) is 6.07 Å². The van der Waals surface area contributed by atoms with Crippen LogP contribution in [0.5, 0.6) is 0 Å². The Morgan fingerprint density at radius 2 is 2.00 bits per heavy atom. The second kappa shape index (κ2) is 5.40. The van der Waals surface area contributed by atoms with Gasteiger partial charge < -0.3 is 4.90 Å². The van der Waals surface area contributed by atoms with Crippen molar-refractivity contribution in [3.05, 3.63) is 0 Å². The van der Waals surface area contributed by atoms with Gasteiger partial charge in [-0.05, 0) is 58.7 Å². The molecule has 1 saturated heterocycles. The average Bonchev–Trinajstić information content (AvgIpc) is 3.15. The highest BCUT2D eigenvalue weighted by atomic mass is 15.2. The summed E-state index contributed by atoms with van der Waals surface area (Å²) in [7, 11) is 2.21. The van der Waals surface area contributed by atoms with E-state index < -0.39 is 0 Å². The summed E-state index contributed by atoms with van der Waals surface area (Å²) in [5.41, 5.74) is -0.218. The minimum atomic E-state index is -0.218. The molecule has 0 aromatic carbocycles. The van der Waals surface area contributed by atoms with E-state index in [4.69, 9.17) is 0 Å². The first-order chi connectivity index (χ1) is 9.21. The van der Waals surface area contributed by atoms with E-state index in [2.05, 4.69) is 28.2 Å². The van der Waals surface area contributed by atoms with Crippen LogP contribution in [-0.2, 0) is 0 Å². The standard InChI is InChI=1S/C15H26N4/c1-18-7-2-8-19(10-9-18)14-5-6-15(11-14,12-16)17-13-3-4-13/h13-14,17H,2-11H2,1H3. The van der Waals surface area contributed by atoms with Gasteiger partial charge in [0.05, 0.1) is 6.07 Å². The second-order valence-corrected chi connectivity index (χ2v) is 6.70. The highest BCUT2D eigenvalue weighted by Gasteiger charge is 2.44. The topological polar surface area (TPSA) is 42.3 Å². The lowest BCUT2D eigenvalue weighted by molar-refractivity contribution is 0.198. The van der Waals surface area contributed by atoms with Crippen LogP contribution >= 0.6 is 0 Å². The minimum absolute atomic E-state index is 0.218. The van der Waals surface area contributed by atoms with Gasteiger partial charge in [0.15, 0.2) is 0 Å². The molecule has 3 fully saturated rings. The number of hydrogen-bond acceptors (Lipinski definition) is 4. The van der Waals surface area contributed by atoms with Gasteiger partial charge in [-0.15, -0.1) is 0 Å². The van der Waals surface area contributed by atoms with E-state index in [0.717, 1.165) is 12.8 Å². The Morgan fingerprint density at radius 3 is 2.74 bits per heavy atom. The molecular formula is C15H26N4. The highest BCUT2D eigenvalue weighted by Crippen LogP contribution is 2.36. The maximum atomic E-state index is 9.57. The molecule has 2 aliphatic carbocycles. The molecule has 0 bridgehead atoms. The summed E-state index contributed by atoms with van der Waals surface area (Å²) in [6.07, 6.45) is 7.06. The van der Waals surface area contributed by atoms with Crippen molar-refractivity contribution >= 4 is 0 Å². The highest BCUT2D eigenvalue weighted by molar-refractivity contribution is 5.15. The minimum Gasteiger partial charge on any atom is -0.305 e. The van der Waals surface area contributed by atoms with Gasteiger partial charge in [-0.1, -0.05) is 0 Å². The van der Waals surface area contributed by atoms with Gasteiger partial charge >= 0.3 is 0 Å². The molecule has 0 radical (unpaired) electrons. The fraction of sp³-hybridized carbons (Fsp3) is 0.933. The van der Waals surface area contributed by atoms with Crippen molar-refractivity contribution in [3.63, 3.8) is 0 Å². The molecule has 2 atom stereocenters. The van der Waals surface area contributed by atoms with E-state index in [1.54, 1.807) is 0 Å². The normalized spacial score (nSPS) is 38.0. The predicted molar refractivity (Wildman–Crippen MR) is 75.8 cm³/mol. The lowest BCUT2D eigenvalue weighted by atomic mass is 9.99. The Balaban J connectivity index is 1.59. The van der Waals surface area contributed by atoms with Crippen molar-refractivity contribution in [1.29, 1.82) is 5.26 Å². The third-order valence-corrected chi connectivity index (χ3v) is 5.03. The molecule has 2 saturated carbocycles. The molecule has 106 valence electrons. The predicted octanol–water partition coefficient (Wildman–Crippen LogP) is 1.19. The first-order valence-corrected chi connectivity index (χ1v) is 7.82. The molecule has 4 heteroatoms. The van der Waals surface area contributed by atoms with Crippen LogP contribution in [0.2, 0.25) is 0 Å². The Kier molecular flexibility index (Phi) is 3.79. The first-order valence-electron chi connectivity index (χ1n) is 7.82. The van der Waals surface area contributed by atoms with Gasteiger partial charge in [-0.25, -0.2) is 0 Å². The van der Waals surface area contributed by atoms with Crippen LogP contribution in [0, 0.1) is 11.3 Å². The Morgan fingerprint density at radius 1 is 1.16 bits per heavy atom. The van der Waals surface area contributed by atoms with Crippen molar-refractivity contribution in [2.45, 2.75) is 56.1 Å². The molecule has 0 aromatic heterocycles. The molecule has 0 spiro atoms. The average molecular weight is 262 g/mol. The maximum absolute atomic E-state index is 9.57.